The summed E-state index contributed by atoms with van der Waals surface area (Å²) in [6, 6.07) is 9.95. The second kappa shape index (κ2) is 6.01. The van der Waals surface area contributed by atoms with E-state index in [1.807, 2.05) is 0 Å². The third-order valence-corrected chi connectivity index (χ3v) is 2.92. The first-order chi connectivity index (χ1) is 10.3. The van der Waals surface area contributed by atoms with E-state index in [1.165, 1.54) is 43.3 Å². The molecular weight excluding hydrogens is 297 g/mol. The van der Waals surface area contributed by atoms with Gasteiger partial charge in [-0.1, -0.05) is 12.1 Å². The number of ketones is 1. The molecular formula is C16H11F3O3. The van der Waals surface area contributed by atoms with Gasteiger partial charge >= 0.3 is 12.1 Å². The fraction of sp³-hybridized carbons (Fsp3) is 0.125. The smallest absolute Gasteiger partial charge is 0.417 e. The van der Waals surface area contributed by atoms with Gasteiger partial charge in [0.15, 0.2) is 5.78 Å². The molecule has 2 rings (SSSR count). The summed E-state index contributed by atoms with van der Waals surface area (Å²) in [4.78, 5) is 23.0. The zero-order valence-electron chi connectivity index (χ0n) is 11.5. The van der Waals surface area contributed by atoms with Crippen LogP contribution in [0.2, 0.25) is 0 Å². The average molecular weight is 308 g/mol. The first-order valence-electron chi connectivity index (χ1n) is 6.28. The van der Waals surface area contributed by atoms with Crippen LogP contribution in [-0.2, 0) is 6.18 Å². The largest absolute Gasteiger partial charge is 0.423 e. The molecule has 114 valence electrons. The van der Waals surface area contributed by atoms with E-state index in [-0.39, 0.29) is 11.5 Å². The maximum Gasteiger partial charge on any atom is 0.417 e. The molecule has 0 atom stereocenters. The Hall–Kier alpha value is -2.63. The standard InChI is InChI=1S/C16H11F3O3/c1-10(20)11-6-8-12(9-7-11)22-15(21)13-4-2-3-5-14(13)16(17,18)19/h2-9H,1H3. The number of hydrogen-bond donors (Lipinski definition) is 0. The maximum atomic E-state index is 12.8. The van der Waals surface area contributed by atoms with Crippen LogP contribution < -0.4 is 4.74 Å². The number of carbonyl (C=O) groups is 2. The third-order valence-electron chi connectivity index (χ3n) is 2.92. The topological polar surface area (TPSA) is 43.4 Å². The van der Waals surface area contributed by atoms with Gasteiger partial charge in [0.25, 0.3) is 0 Å². The molecule has 0 saturated carbocycles. The fourth-order valence-corrected chi connectivity index (χ4v) is 1.83. The van der Waals surface area contributed by atoms with Gasteiger partial charge in [0.2, 0.25) is 0 Å². The van der Waals surface area contributed by atoms with Crippen LogP contribution in [-0.4, -0.2) is 11.8 Å². The van der Waals surface area contributed by atoms with E-state index in [0.717, 1.165) is 12.1 Å². The van der Waals surface area contributed by atoms with Crippen LogP contribution in [0.4, 0.5) is 13.2 Å². The van der Waals surface area contributed by atoms with E-state index in [0.29, 0.717) is 5.56 Å². The number of benzene rings is 2. The van der Waals surface area contributed by atoms with Crippen molar-refractivity contribution in [2.24, 2.45) is 0 Å². The van der Waals surface area contributed by atoms with Crippen LogP contribution in [0, 0.1) is 0 Å². The minimum absolute atomic E-state index is 0.0620. The van der Waals surface area contributed by atoms with Gasteiger partial charge in [-0.05, 0) is 43.3 Å². The van der Waals surface area contributed by atoms with Crippen molar-refractivity contribution in [3.63, 3.8) is 0 Å². The number of Topliss-reactive ketones (excluding diaryl/α,β-unsaturated/α-hetero) is 1. The highest BCUT2D eigenvalue weighted by Gasteiger charge is 2.35. The first kappa shape index (κ1) is 15.8. The molecule has 6 heteroatoms. The van der Waals surface area contributed by atoms with Gasteiger partial charge in [-0.15, -0.1) is 0 Å². The Morgan fingerprint density at radius 3 is 2.09 bits per heavy atom. The van der Waals surface area contributed by atoms with E-state index in [9.17, 15) is 22.8 Å². The van der Waals surface area contributed by atoms with Crippen molar-refractivity contribution in [2.45, 2.75) is 13.1 Å². The predicted molar refractivity (Wildman–Crippen MR) is 72.8 cm³/mol. The molecule has 0 aromatic heterocycles. The summed E-state index contributed by atoms with van der Waals surface area (Å²) in [7, 11) is 0. The van der Waals surface area contributed by atoms with Crippen LogP contribution in [0.1, 0.15) is 33.2 Å². The van der Waals surface area contributed by atoms with E-state index in [4.69, 9.17) is 4.74 Å². The number of hydrogen-bond acceptors (Lipinski definition) is 3. The zero-order chi connectivity index (χ0) is 16.3. The Balaban J connectivity index is 2.25. The first-order valence-corrected chi connectivity index (χ1v) is 6.28. The van der Waals surface area contributed by atoms with Crippen molar-refractivity contribution < 1.29 is 27.5 Å². The van der Waals surface area contributed by atoms with Crippen molar-refractivity contribution in [1.29, 1.82) is 0 Å². The lowest BCUT2D eigenvalue weighted by atomic mass is 10.1. The summed E-state index contributed by atoms with van der Waals surface area (Å²) in [5.74, 6) is -1.21. The van der Waals surface area contributed by atoms with Gasteiger partial charge in [0.05, 0.1) is 11.1 Å². The van der Waals surface area contributed by atoms with Crippen molar-refractivity contribution in [1.82, 2.24) is 0 Å². The van der Waals surface area contributed by atoms with Crippen LogP contribution in [0.25, 0.3) is 0 Å². The predicted octanol–water partition coefficient (Wildman–Crippen LogP) is 4.13. The van der Waals surface area contributed by atoms with Crippen LogP contribution >= 0.6 is 0 Å². The number of halogens is 3. The third kappa shape index (κ3) is 3.52. The van der Waals surface area contributed by atoms with Crippen molar-refractivity contribution in [2.75, 3.05) is 0 Å². The molecule has 0 fully saturated rings. The van der Waals surface area contributed by atoms with Crippen LogP contribution in [0.3, 0.4) is 0 Å². The highest BCUT2D eigenvalue weighted by molar-refractivity contribution is 5.95. The molecule has 0 aliphatic heterocycles. The lowest BCUT2D eigenvalue weighted by molar-refractivity contribution is -0.138. The normalized spacial score (nSPS) is 11.1. The van der Waals surface area contributed by atoms with Gasteiger partial charge in [0, 0.05) is 5.56 Å². The number of rotatable bonds is 3. The molecule has 0 heterocycles. The van der Waals surface area contributed by atoms with Gasteiger partial charge < -0.3 is 4.74 Å². The summed E-state index contributed by atoms with van der Waals surface area (Å²) >= 11 is 0. The molecule has 0 aliphatic rings. The molecule has 2 aromatic rings. The van der Waals surface area contributed by atoms with Gasteiger partial charge in [-0.25, -0.2) is 4.79 Å². The minimum Gasteiger partial charge on any atom is -0.423 e. The molecule has 0 N–H and O–H groups in total. The second-order valence-corrected chi connectivity index (χ2v) is 4.51. The molecule has 0 amide bonds. The lowest BCUT2D eigenvalue weighted by Crippen LogP contribution is -2.16. The summed E-state index contributed by atoms with van der Waals surface area (Å²) in [6.45, 7) is 1.38. The number of alkyl halides is 3. The highest BCUT2D eigenvalue weighted by atomic mass is 19.4. The van der Waals surface area contributed by atoms with Gasteiger partial charge in [0.1, 0.15) is 5.75 Å². The van der Waals surface area contributed by atoms with Crippen LogP contribution in [0.15, 0.2) is 48.5 Å². The molecule has 0 spiro atoms. The van der Waals surface area contributed by atoms with E-state index in [1.54, 1.807) is 0 Å². The van der Waals surface area contributed by atoms with E-state index < -0.39 is 23.3 Å². The molecule has 0 radical (unpaired) electrons. The summed E-state index contributed by atoms with van der Waals surface area (Å²) in [6.07, 6.45) is -4.64. The Bertz CT molecular complexity index is 703. The molecule has 22 heavy (non-hydrogen) atoms. The molecule has 0 aliphatic carbocycles. The second-order valence-electron chi connectivity index (χ2n) is 4.51. The van der Waals surface area contributed by atoms with Gasteiger partial charge in [-0.2, -0.15) is 13.2 Å². The number of esters is 1. The van der Waals surface area contributed by atoms with Crippen molar-refractivity contribution in [3.05, 3.63) is 65.2 Å². The highest BCUT2D eigenvalue weighted by Crippen LogP contribution is 2.32. The Labute approximate surface area is 124 Å². The van der Waals surface area contributed by atoms with E-state index >= 15 is 0 Å². The number of ether oxygens (including phenoxy) is 1. The molecule has 0 unspecified atom stereocenters. The zero-order valence-corrected chi connectivity index (χ0v) is 11.5. The van der Waals surface area contributed by atoms with Crippen molar-refractivity contribution in [3.8, 4) is 5.75 Å². The van der Waals surface area contributed by atoms with E-state index in [2.05, 4.69) is 0 Å². The number of carbonyl (C=O) groups excluding carboxylic acids is 2. The minimum atomic E-state index is -4.64. The lowest BCUT2D eigenvalue weighted by Gasteiger charge is -2.12. The quantitative estimate of drug-likeness (QED) is 0.486. The van der Waals surface area contributed by atoms with Crippen LogP contribution in [0.5, 0.6) is 5.75 Å². The summed E-state index contributed by atoms with van der Waals surface area (Å²) < 4.78 is 43.5. The monoisotopic (exact) mass is 308 g/mol. The fourth-order valence-electron chi connectivity index (χ4n) is 1.83. The Kier molecular flexibility index (Phi) is 4.30. The Morgan fingerprint density at radius 1 is 0.955 bits per heavy atom. The average Bonchev–Trinajstić information content (AvgIpc) is 2.47. The summed E-state index contributed by atoms with van der Waals surface area (Å²) in [5.41, 5.74) is -1.21. The van der Waals surface area contributed by atoms with Crippen molar-refractivity contribution >= 4 is 11.8 Å². The summed E-state index contributed by atoms with van der Waals surface area (Å²) in [5, 5.41) is 0. The SMILES string of the molecule is CC(=O)c1ccc(OC(=O)c2ccccc2C(F)(F)F)cc1. The molecule has 2 aromatic carbocycles. The Morgan fingerprint density at radius 2 is 1.55 bits per heavy atom. The molecule has 3 nitrogen and oxygen atoms in total. The molecule has 0 bridgehead atoms. The van der Waals surface area contributed by atoms with Gasteiger partial charge in [-0.3, -0.25) is 4.79 Å². The molecule has 0 saturated heterocycles. The maximum absolute atomic E-state index is 12.8.